The number of carbonyl (C=O) groups is 1. The van der Waals surface area contributed by atoms with Gasteiger partial charge in [-0.3, -0.25) is 4.79 Å². The topological polar surface area (TPSA) is 105 Å². The van der Waals surface area contributed by atoms with Crippen LogP contribution in [0.2, 0.25) is 0 Å². The number of aliphatic hydroxyl groups excluding tert-OH is 2. The van der Waals surface area contributed by atoms with Crippen molar-refractivity contribution in [3.05, 3.63) is 23.8 Å². The minimum Gasteiger partial charge on any atom is -0.496 e. The molecule has 0 saturated carbocycles. The molecule has 5 N–H and O–H groups in total. The fraction of sp³-hybridized carbons (Fsp3) is 0.364. The molecule has 17 heavy (non-hydrogen) atoms. The molecular weight excluding hydrogens is 224 g/mol. The van der Waals surface area contributed by atoms with Crippen LogP contribution in [0.1, 0.15) is 10.4 Å². The van der Waals surface area contributed by atoms with Crippen molar-refractivity contribution in [3.63, 3.8) is 0 Å². The van der Waals surface area contributed by atoms with Crippen LogP contribution in [0.25, 0.3) is 0 Å². The van der Waals surface area contributed by atoms with Gasteiger partial charge in [0.1, 0.15) is 5.75 Å². The molecule has 0 spiro atoms. The lowest BCUT2D eigenvalue weighted by Gasteiger charge is -2.15. The number of nitrogen functional groups attached to an aromatic ring is 1. The van der Waals surface area contributed by atoms with Crippen molar-refractivity contribution in [1.82, 2.24) is 5.32 Å². The Morgan fingerprint density at radius 2 is 2.12 bits per heavy atom. The Morgan fingerprint density at radius 1 is 1.47 bits per heavy atom. The van der Waals surface area contributed by atoms with Gasteiger partial charge in [-0.05, 0) is 12.1 Å². The lowest BCUT2D eigenvalue weighted by Crippen LogP contribution is -2.40. The molecule has 0 radical (unpaired) electrons. The molecule has 0 heterocycles. The number of ether oxygens (including phenoxy) is 1. The number of amides is 1. The normalized spacial score (nSPS) is 10.4. The van der Waals surface area contributed by atoms with Gasteiger partial charge in [0.2, 0.25) is 0 Å². The number of benzene rings is 1. The highest BCUT2D eigenvalue weighted by Gasteiger charge is 2.16. The molecule has 1 rings (SSSR count). The van der Waals surface area contributed by atoms with Crippen LogP contribution in [0, 0.1) is 0 Å². The van der Waals surface area contributed by atoms with Crippen LogP contribution in [0.3, 0.4) is 0 Å². The van der Waals surface area contributed by atoms with Crippen LogP contribution < -0.4 is 15.8 Å². The summed E-state index contributed by atoms with van der Waals surface area (Å²) in [4.78, 5) is 11.8. The fourth-order valence-electron chi connectivity index (χ4n) is 1.31. The number of hydrogen-bond donors (Lipinski definition) is 4. The highest BCUT2D eigenvalue weighted by molar-refractivity contribution is 5.97. The average Bonchev–Trinajstić information content (AvgIpc) is 2.35. The van der Waals surface area contributed by atoms with Crippen molar-refractivity contribution in [3.8, 4) is 5.75 Å². The first-order valence-corrected chi connectivity index (χ1v) is 5.08. The number of nitrogens with two attached hydrogens (primary N) is 1. The van der Waals surface area contributed by atoms with E-state index in [1.165, 1.54) is 19.2 Å². The second kappa shape index (κ2) is 6.07. The van der Waals surface area contributed by atoms with Gasteiger partial charge >= 0.3 is 0 Å². The summed E-state index contributed by atoms with van der Waals surface area (Å²) < 4.78 is 5.03. The van der Waals surface area contributed by atoms with Gasteiger partial charge in [-0.15, -0.1) is 0 Å². The van der Waals surface area contributed by atoms with Gasteiger partial charge in [0.05, 0.1) is 31.9 Å². The van der Waals surface area contributed by atoms with Crippen molar-refractivity contribution in [2.24, 2.45) is 0 Å². The molecule has 0 aliphatic carbocycles. The first-order valence-electron chi connectivity index (χ1n) is 5.08. The van der Waals surface area contributed by atoms with E-state index in [4.69, 9.17) is 20.7 Å². The van der Waals surface area contributed by atoms with E-state index in [0.717, 1.165) is 0 Å². The van der Waals surface area contributed by atoms with Crippen molar-refractivity contribution in [2.75, 3.05) is 26.1 Å². The van der Waals surface area contributed by atoms with Gasteiger partial charge in [-0.2, -0.15) is 0 Å². The third-order valence-corrected chi connectivity index (χ3v) is 2.25. The Bertz CT molecular complexity index is 391. The van der Waals surface area contributed by atoms with Crippen LogP contribution in [-0.2, 0) is 0 Å². The highest BCUT2D eigenvalue weighted by Crippen LogP contribution is 2.21. The van der Waals surface area contributed by atoms with E-state index < -0.39 is 11.9 Å². The maximum absolute atomic E-state index is 11.8. The van der Waals surface area contributed by atoms with E-state index >= 15 is 0 Å². The Labute approximate surface area is 99.0 Å². The smallest absolute Gasteiger partial charge is 0.255 e. The molecule has 6 heteroatoms. The Hall–Kier alpha value is -1.79. The van der Waals surface area contributed by atoms with E-state index in [2.05, 4.69) is 5.32 Å². The highest BCUT2D eigenvalue weighted by atomic mass is 16.5. The van der Waals surface area contributed by atoms with Crippen LogP contribution >= 0.6 is 0 Å². The quantitative estimate of drug-likeness (QED) is 0.512. The van der Waals surface area contributed by atoms with Gasteiger partial charge in [-0.25, -0.2) is 0 Å². The minimum absolute atomic E-state index is 0.300. The van der Waals surface area contributed by atoms with Gasteiger partial charge in [0.15, 0.2) is 0 Å². The average molecular weight is 240 g/mol. The lowest BCUT2D eigenvalue weighted by molar-refractivity contribution is 0.0876. The summed E-state index contributed by atoms with van der Waals surface area (Å²) in [6.07, 6.45) is 0. The summed E-state index contributed by atoms with van der Waals surface area (Å²) in [6, 6.07) is 3.94. The Balaban J connectivity index is 2.88. The molecule has 1 aromatic carbocycles. The number of rotatable bonds is 5. The minimum atomic E-state index is -0.690. The van der Waals surface area contributed by atoms with Gasteiger partial charge in [0.25, 0.3) is 5.91 Å². The van der Waals surface area contributed by atoms with Crippen molar-refractivity contribution >= 4 is 11.6 Å². The van der Waals surface area contributed by atoms with Gasteiger partial charge < -0.3 is 26.0 Å². The number of aliphatic hydroxyl groups is 2. The lowest BCUT2D eigenvalue weighted by atomic mass is 10.1. The number of carbonyl (C=O) groups excluding carboxylic acids is 1. The molecule has 0 atom stereocenters. The molecule has 0 saturated heterocycles. The SMILES string of the molecule is COc1cc(N)ccc1C(=O)NC(CO)CO. The second-order valence-electron chi connectivity index (χ2n) is 3.50. The summed E-state index contributed by atoms with van der Waals surface area (Å²) in [5.74, 6) is -0.0907. The van der Waals surface area contributed by atoms with Crippen molar-refractivity contribution in [2.45, 2.75) is 6.04 Å². The van der Waals surface area contributed by atoms with E-state index in [0.29, 0.717) is 17.0 Å². The Kier molecular flexibility index (Phi) is 4.74. The van der Waals surface area contributed by atoms with Crippen LogP contribution in [0.4, 0.5) is 5.69 Å². The Morgan fingerprint density at radius 3 is 2.65 bits per heavy atom. The summed E-state index contributed by atoms with van der Waals surface area (Å²) in [5.41, 5.74) is 6.35. The molecule has 0 aliphatic rings. The molecule has 0 aromatic heterocycles. The summed E-state index contributed by atoms with van der Waals surface area (Å²) in [5, 5.41) is 20.2. The maximum atomic E-state index is 11.8. The van der Waals surface area contributed by atoms with Crippen LogP contribution in [0.15, 0.2) is 18.2 Å². The third kappa shape index (κ3) is 3.33. The van der Waals surface area contributed by atoms with Crippen LogP contribution in [-0.4, -0.2) is 42.5 Å². The molecule has 6 nitrogen and oxygen atoms in total. The zero-order valence-corrected chi connectivity index (χ0v) is 9.51. The molecule has 0 fully saturated rings. The number of hydrogen-bond acceptors (Lipinski definition) is 5. The van der Waals surface area contributed by atoms with E-state index in [1.54, 1.807) is 6.07 Å². The molecule has 0 aliphatic heterocycles. The predicted octanol–water partition coefficient (Wildman–Crippen LogP) is -0.640. The molecular formula is C11H16N2O4. The summed E-state index contributed by atoms with van der Waals surface area (Å²) in [7, 11) is 1.43. The number of methoxy groups -OCH3 is 1. The standard InChI is InChI=1S/C11H16N2O4/c1-17-10-4-7(12)2-3-9(10)11(16)13-8(5-14)6-15/h2-4,8,14-15H,5-6,12H2,1H3,(H,13,16). The third-order valence-electron chi connectivity index (χ3n) is 2.25. The van der Waals surface area contributed by atoms with Crippen molar-refractivity contribution < 1.29 is 19.7 Å². The monoisotopic (exact) mass is 240 g/mol. The molecule has 0 bridgehead atoms. The van der Waals surface area contributed by atoms with Crippen LogP contribution in [0.5, 0.6) is 5.75 Å². The molecule has 0 unspecified atom stereocenters. The maximum Gasteiger partial charge on any atom is 0.255 e. The molecule has 1 amide bonds. The predicted molar refractivity (Wildman–Crippen MR) is 62.8 cm³/mol. The number of anilines is 1. The molecule has 94 valence electrons. The first kappa shape index (κ1) is 13.3. The van der Waals surface area contributed by atoms with E-state index in [-0.39, 0.29) is 13.2 Å². The second-order valence-corrected chi connectivity index (χ2v) is 3.50. The number of nitrogens with one attached hydrogen (secondary N) is 1. The van der Waals surface area contributed by atoms with Gasteiger partial charge in [-0.1, -0.05) is 0 Å². The zero-order valence-electron chi connectivity index (χ0n) is 9.51. The van der Waals surface area contributed by atoms with E-state index in [9.17, 15) is 4.79 Å². The van der Waals surface area contributed by atoms with Crippen molar-refractivity contribution in [1.29, 1.82) is 0 Å². The van der Waals surface area contributed by atoms with E-state index in [1.807, 2.05) is 0 Å². The zero-order chi connectivity index (χ0) is 12.8. The summed E-state index contributed by atoms with van der Waals surface area (Å²) in [6.45, 7) is -0.668. The van der Waals surface area contributed by atoms with Gasteiger partial charge in [0, 0.05) is 11.8 Å². The largest absolute Gasteiger partial charge is 0.496 e. The fourth-order valence-corrected chi connectivity index (χ4v) is 1.31. The molecule has 1 aromatic rings. The summed E-state index contributed by atoms with van der Waals surface area (Å²) >= 11 is 0. The first-order chi connectivity index (χ1) is 8.12.